The quantitative estimate of drug-likeness (QED) is 0.716. The number of anilines is 1. The SMILES string of the molecule is COC(=O)c1c(C(=O)OC)n(C(=O)Nc2ccc(C)cc2)c2ccccc12. The number of para-hydroxylation sites is 1. The van der Waals surface area contributed by atoms with Crippen LogP contribution in [0.3, 0.4) is 0 Å². The van der Waals surface area contributed by atoms with Crippen LogP contribution in [0.1, 0.15) is 26.4 Å². The summed E-state index contributed by atoms with van der Waals surface area (Å²) in [7, 11) is 2.39. The Labute approximate surface area is 155 Å². The maximum Gasteiger partial charge on any atom is 0.356 e. The normalized spacial score (nSPS) is 10.5. The first kappa shape index (κ1) is 18.2. The number of ether oxygens (including phenoxy) is 2. The van der Waals surface area contributed by atoms with Crippen molar-refractivity contribution < 1.29 is 23.9 Å². The summed E-state index contributed by atoms with van der Waals surface area (Å²) >= 11 is 0. The van der Waals surface area contributed by atoms with Crippen LogP contribution in [0.2, 0.25) is 0 Å². The Morgan fingerprint density at radius 3 is 2.15 bits per heavy atom. The molecule has 0 radical (unpaired) electrons. The molecule has 0 aliphatic rings. The van der Waals surface area contributed by atoms with Crippen LogP contribution in [0, 0.1) is 6.92 Å². The van der Waals surface area contributed by atoms with Gasteiger partial charge >= 0.3 is 18.0 Å². The zero-order chi connectivity index (χ0) is 19.6. The average molecular weight is 366 g/mol. The minimum atomic E-state index is -0.814. The molecular formula is C20H18N2O5. The molecule has 138 valence electrons. The van der Waals surface area contributed by atoms with Crippen LogP contribution in [0.15, 0.2) is 48.5 Å². The van der Waals surface area contributed by atoms with Crippen LogP contribution in [0.25, 0.3) is 10.9 Å². The number of amides is 1. The van der Waals surface area contributed by atoms with Crippen LogP contribution >= 0.6 is 0 Å². The van der Waals surface area contributed by atoms with Gasteiger partial charge in [0.05, 0.1) is 19.7 Å². The molecule has 3 rings (SSSR count). The van der Waals surface area contributed by atoms with Gasteiger partial charge in [0.25, 0.3) is 0 Å². The number of aryl methyl sites for hydroxylation is 1. The minimum absolute atomic E-state index is 0.0148. The Morgan fingerprint density at radius 2 is 1.52 bits per heavy atom. The number of carbonyl (C=O) groups excluding carboxylic acids is 3. The van der Waals surface area contributed by atoms with Gasteiger partial charge in [-0.3, -0.25) is 4.57 Å². The summed E-state index contributed by atoms with van der Waals surface area (Å²) in [6, 6.07) is 13.3. The summed E-state index contributed by atoms with van der Waals surface area (Å²) in [6.07, 6.45) is 0. The molecule has 0 aliphatic carbocycles. The van der Waals surface area contributed by atoms with Crippen molar-refractivity contribution in [3.63, 3.8) is 0 Å². The van der Waals surface area contributed by atoms with Crippen molar-refractivity contribution in [3.8, 4) is 0 Å². The maximum absolute atomic E-state index is 13.0. The average Bonchev–Trinajstić information content (AvgIpc) is 3.03. The second-order valence-corrected chi connectivity index (χ2v) is 5.86. The number of hydrogen-bond donors (Lipinski definition) is 1. The van der Waals surface area contributed by atoms with E-state index < -0.39 is 18.0 Å². The first-order chi connectivity index (χ1) is 13.0. The third-order valence-electron chi connectivity index (χ3n) is 4.15. The highest BCUT2D eigenvalue weighted by molar-refractivity contribution is 6.17. The molecule has 7 nitrogen and oxygen atoms in total. The molecule has 1 heterocycles. The van der Waals surface area contributed by atoms with E-state index in [4.69, 9.17) is 9.47 Å². The minimum Gasteiger partial charge on any atom is -0.465 e. The Kier molecular flexibility index (Phi) is 4.94. The van der Waals surface area contributed by atoms with E-state index in [0.29, 0.717) is 16.6 Å². The first-order valence-corrected chi connectivity index (χ1v) is 8.16. The predicted octanol–water partition coefficient (Wildman–Crippen LogP) is 3.60. The Bertz CT molecular complexity index is 1030. The van der Waals surface area contributed by atoms with Crippen molar-refractivity contribution in [3.05, 3.63) is 65.4 Å². The largest absolute Gasteiger partial charge is 0.465 e. The van der Waals surface area contributed by atoms with E-state index in [0.717, 1.165) is 10.1 Å². The van der Waals surface area contributed by atoms with Gasteiger partial charge in [-0.05, 0) is 25.1 Å². The third-order valence-corrected chi connectivity index (χ3v) is 4.15. The molecule has 2 aromatic carbocycles. The van der Waals surface area contributed by atoms with Crippen LogP contribution in [-0.2, 0) is 9.47 Å². The number of esters is 2. The van der Waals surface area contributed by atoms with Gasteiger partial charge in [-0.25, -0.2) is 14.4 Å². The van der Waals surface area contributed by atoms with Crippen molar-refractivity contribution in [2.24, 2.45) is 0 Å². The summed E-state index contributed by atoms with van der Waals surface area (Å²) in [5.74, 6) is -1.54. The molecule has 1 amide bonds. The molecule has 0 spiro atoms. The van der Waals surface area contributed by atoms with E-state index in [9.17, 15) is 14.4 Å². The number of hydrogen-bond acceptors (Lipinski definition) is 5. The van der Waals surface area contributed by atoms with Crippen LogP contribution in [0.4, 0.5) is 10.5 Å². The number of carbonyl (C=O) groups is 3. The number of fused-ring (bicyclic) bond motifs is 1. The van der Waals surface area contributed by atoms with Gasteiger partial charge in [-0.2, -0.15) is 0 Å². The molecule has 1 aromatic heterocycles. The van der Waals surface area contributed by atoms with Gasteiger partial charge < -0.3 is 14.8 Å². The predicted molar refractivity (Wildman–Crippen MR) is 100 cm³/mol. The van der Waals surface area contributed by atoms with Crippen molar-refractivity contribution >= 4 is 34.6 Å². The highest BCUT2D eigenvalue weighted by Gasteiger charge is 2.31. The molecule has 0 saturated heterocycles. The molecule has 0 aliphatic heterocycles. The standard InChI is InChI=1S/C20H18N2O5/c1-12-8-10-13(11-9-12)21-20(25)22-15-7-5-4-6-14(15)16(18(23)26-2)17(22)19(24)27-3/h4-11H,1-3H3,(H,21,25). The summed E-state index contributed by atoms with van der Waals surface area (Å²) in [5.41, 5.74) is 1.79. The summed E-state index contributed by atoms with van der Waals surface area (Å²) in [5, 5.41) is 3.15. The van der Waals surface area contributed by atoms with E-state index in [1.165, 1.54) is 14.2 Å². The topological polar surface area (TPSA) is 86.6 Å². The molecule has 0 saturated carbocycles. The molecule has 3 aromatic rings. The Morgan fingerprint density at radius 1 is 0.889 bits per heavy atom. The lowest BCUT2D eigenvalue weighted by atomic mass is 10.1. The fraction of sp³-hybridized carbons (Fsp3) is 0.150. The molecule has 7 heteroatoms. The maximum atomic E-state index is 13.0. The van der Waals surface area contributed by atoms with Gasteiger partial charge in [0.15, 0.2) is 5.69 Å². The van der Waals surface area contributed by atoms with Crippen LogP contribution in [0.5, 0.6) is 0 Å². The summed E-state index contributed by atoms with van der Waals surface area (Å²) in [6.45, 7) is 1.93. The molecule has 0 unspecified atom stereocenters. The second-order valence-electron chi connectivity index (χ2n) is 5.86. The zero-order valence-electron chi connectivity index (χ0n) is 15.1. The number of aromatic nitrogens is 1. The van der Waals surface area contributed by atoms with Crippen molar-refractivity contribution in [2.45, 2.75) is 6.92 Å². The molecular weight excluding hydrogens is 348 g/mol. The summed E-state index contributed by atoms with van der Waals surface area (Å²) in [4.78, 5) is 37.7. The lowest BCUT2D eigenvalue weighted by Gasteiger charge is -2.11. The number of nitrogens with zero attached hydrogens (tertiary/aromatic N) is 1. The molecule has 0 fully saturated rings. The number of nitrogens with one attached hydrogen (secondary N) is 1. The van der Waals surface area contributed by atoms with Crippen LogP contribution < -0.4 is 5.32 Å². The van der Waals surface area contributed by atoms with E-state index in [-0.39, 0.29) is 11.3 Å². The monoisotopic (exact) mass is 366 g/mol. The zero-order valence-corrected chi connectivity index (χ0v) is 15.1. The second kappa shape index (κ2) is 7.33. The van der Waals surface area contributed by atoms with Gasteiger partial charge in [0.1, 0.15) is 5.56 Å². The van der Waals surface area contributed by atoms with E-state index in [1.54, 1.807) is 36.4 Å². The molecule has 0 atom stereocenters. The van der Waals surface area contributed by atoms with Crippen molar-refractivity contribution in [1.82, 2.24) is 4.57 Å². The van der Waals surface area contributed by atoms with E-state index >= 15 is 0 Å². The fourth-order valence-corrected chi connectivity index (χ4v) is 2.87. The van der Waals surface area contributed by atoms with E-state index in [2.05, 4.69) is 5.32 Å². The van der Waals surface area contributed by atoms with Crippen molar-refractivity contribution in [1.29, 1.82) is 0 Å². The van der Waals surface area contributed by atoms with Crippen LogP contribution in [-0.4, -0.2) is 36.8 Å². The van der Waals surface area contributed by atoms with Crippen molar-refractivity contribution in [2.75, 3.05) is 19.5 Å². The fourth-order valence-electron chi connectivity index (χ4n) is 2.87. The molecule has 1 N–H and O–H groups in total. The van der Waals surface area contributed by atoms with Gasteiger partial charge in [-0.1, -0.05) is 35.9 Å². The highest BCUT2D eigenvalue weighted by atomic mass is 16.5. The lowest BCUT2D eigenvalue weighted by Crippen LogP contribution is -2.25. The Hall–Kier alpha value is -3.61. The lowest BCUT2D eigenvalue weighted by molar-refractivity contribution is 0.0550. The first-order valence-electron chi connectivity index (χ1n) is 8.16. The molecule has 0 bridgehead atoms. The summed E-state index contributed by atoms with van der Waals surface area (Å²) < 4.78 is 10.8. The number of benzene rings is 2. The van der Waals surface area contributed by atoms with Gasteiger partial charge in [-0.15, -0.1) is 0 Å². The Balaban J connectivity index is 2.21. The smallest absolute Gasteiger partial charge is 0.356 e. The number of methoxy groups -OCH3 is 2. The number of rotatable bonds is 3. The van der Waals surface area contributed by atoms with Gasteiger partial charge in [0.2, 0.25) is 0 Å². The highest BCUT2D eigenvalue weighted by Crippen LogP contribution is 2.28. The van der Waals surface area contributed by atoms with E-state index in [1.807, 2.05) is 19.1 Å². The van der Waals surface area contributed by atoms with Gasteiger partial charge in [0, 0.05) is 11.1 Å². The molecule has 27 heavy (non-hydrogen) atoms. The third kappa shape index (κ3) is 3.27.